The van der Waals surface area contributed by atoms with Crippen LogP contribution < -0.4 is 0 Å². The molecular weight excluding hydrogens is 106 g/mol. The van der Waals surface area contributed by atoms with Gasteiger partial charge in [0.2, 0.25) is 0 Å². The highest BCUT2D eigenvalue weighted by Crippen LogP contribution is 2.00. The Bertz CT molecular complexity index is 170. The van der Waals surface area contributed by atoms with Gasteiger partial charge < -0.3 is 0 Å². The van der Waals surface area contributed by atoms with Crippen LogP contribution in [0.5, 0.6) is 0 Å². The first-order valence-corrected chi connectivity index (χ1v) is 2.36. The molecule has 1 heterocycles. The van der Waals surface area contributed by atoms with Crippen LogP contribution in [0.15, 0.2) is 15.2 Å². The Balaban J connectivity index is 2.72. The molecule has 0 aliphatic carbocycles. The van der Waals surface area contributed by atoms with Crippen LogP contribution in [0, 0.1) is 0 Å². The monoisotopic (exact) mass is 111 g/mol. The molecule has 0 saturated heterocycles. The summed E-state index contributed by atoms with van der Waals surface area (Å²) in [7, 11) is 0. The van der Waals surface area contributed by atoms with Crippen LogP contribution in [0.25, 0.3) is 0 Å². The number of hydrogen-bond acceptors (Lipinski definition) is 2. The topological polar surface area (TPSA) is 54.1 Å². The van der Waals surface area contributed by atoms with Crippen LogP contribution >= 0.6 is 0 Å². The SMILES string of the molecule is CCC1=NC(=O)N=N1. The van der Waals surface area contributed by atoms with Gasteiger partial charge in [-0.3, -0.25) is 0 Å². The lowest BCUT2D eigenvalue weighted by Gasteiger charge is -1.77. The van der Waals surface area contributed by atoms with Crippen LogP contribution in [-0.2, 0) is 0 Å². The molecule has 1 rings (SSSR count). The first kappa shape index (κ1) is 5.08. The number of amidine groups is 1. The summed E-state index contributed by atoms with van der Waals surface area (Å²) in [6.07, 6.45) is 0.676. The molecule has 0 fully saturated rings. The number of amides is 2. The molecule has 2 amide bonds. The predicted molar refractivity (Wildman–Crippen MR) is 28.0 cm³/mol. The van der Waals surface area contributed by atoms with Gasteiger partial charge >= 0.3 is 6.03 Å². The van der Waals surface area contributed by atoms with Gasteiger partial charge in [0.25, 0.3) is 0 Å². The summed E-state index contributed by atoms with van der Waals surface area (Å²) in [6.45, 7) is 1.87. The van der Waals surface area contributed by atoms with Crippen molar-refractivity contribution in [1.29, 1.82) is 0 Å². The van der Waals surface area contributed by atoms with Crippen molar-refractivity contribution in [3.63, 3.8) is 0 Å². The lowest BCUT2D eigenvalue weighted by atomic mass is 10.5. The van der Waals surface area contributed by atoms with Gasteiger partial charge in [-0.2, -0.15) is 4.99 Å². The molecule has 4 heteroatoms. The number of carbonyl (C=O) groups excluding carboxylic acids is 1. The van der Waals surface area contributed by atoms with Crippen molar-refractivity contribution in [2.45, 2.75) is 13.3 Å². The van der Waals surface area contributed by atoms with Gasteiger partial charge in [-0.15, -0.1) is 5.11 Å². The quantitative estimate of drug-likeness (QED) is 0.504. The normalized spacial score (nSPS) is 17.1. The van der Waals surface area contributed by atoms with E-state index in [9.17, 15) is 4.79 Å². The van der Waals surface area contributed by atoms with E-state index < -0.39 is 6.03 Å². The number of carbonyl (C=O) groups is 1. The molecular formula is C4H5N3O. The standard InChI is InChI=1S/C4H5N3O/c1-2-3-5-4(8)7-6-3/h2H2,1H3. The third kappa shape index (κ3) is 0.776. The van der Waals surface area contributed by atoms with Gasteiger partial charge in [-0.05, 0) is 0 Å². The predicted octanol–water partition coefficient (Wildman–Crippen LogP) is 1.38. The van der Waals surface area contributed by atoms with Crippen LogP contribution in [0.3, 0.4) is 0 Å². The molecule has 0 aromatic rings. The number of hydrogen-bond donors (Lipinski definition) is 0. The van der Waals surface area contributed by atoms with E-state index in [0.717, 1.165) is 0 Å². The van der Waals surface area contributed by atoms with E-state index in [1.165, 1.54) is 0 Å². The summed E-state index contributed by atoms with van der Waals surface area (Å²) in [4.78, 5) is 13.6. The van der Waals surface area contributed by atoms with E-state index in [1.807, 2.05) is 6.92 Å². The summed E-state index contributed by atoms with van der Waals surface area (Å²) in [5.74, 6) is 0.523. The van der Waals surface area contributed by atoms with E-state index in [1.54, 1.807) is 0 Å². The summed E-state index contributed by atoms with van der Waals surface area (Å²) >= 11 is 0. The maximum atomic E-state index is 10.2. The Morgan fingerprint density at radius 1 is 1.50 bits per heavy atom. The van der Waals surface area contributed by atoms with Crippen molar-refractivity contribution in [1.82, 2.24) is 0 Å². The van der Waals surface area contributed by atoms with Crippen LogP contribution in [0.1, 0.15) is 13.3 Å². The molecule has 0 aromatic heterocycles. The van der Waals surface area contributed by atoms with Crippen molar-refractivity contribution < 1.29 is 4.79 Å². The van der Waals surface area contributed by atoms with Gasteiger partial charge in [0.1, 0.15) is 0 Å². The zero-order valence-electron chi connectivity index (χ0n) is 4.46. The summed E-state index contributed by atoms with van der Waals surface area (Å²) in [5.41, 5.74) is 0. The summed E-state index contributed by atoms with van der Waals surface area (Å²) in [5, 5.41) is 6.63. The molecule has 1 aliphatic rings. The largest absolute Gasteiger partial charge is 0.387 e. The third-order valence-electron chi connectivity index (χ3n) is 0.792. The Morgan fingerprint density at radius 2 is 2.25 bits per heavy atom. The Kier molecular flexibility index (Phi) is 1.15. The second-order valence-electron chi connectivity index (χ2n) is 1.36. The minimum atomic E-state index is -0.484. The lowest BCUT2D eigenvalue weighted by Crippen LogP contribution is -1.84. The van der Waals surface area contributed by atoms with Crippen molar-refractivity contribution in [3.05, 3.63) is 0 Å². The molecule has 0 spiro atoms. The molecule has 0 aromatic carbocycles. The van der Waals surface area contributed by atoms with E-state index in [0.29, 0.717) is 12.3 Å². The Morgan fingerprint density at radius 3 is 2.50 bits per heavy atom. The first-order valence-electron chi connectivity index (χ1n) is 2.36. The number of urea groups is 1. The summed E-state index contributed by atoms with van der Waals surface area (Å²) < 4.78 is 0. The third-order valence-corrected chi connectivity index (χ3v) is 0.792. The number of aliphatic imine (C=N–C) groups is 1. The van der Waals surface area contributed by atoms with Crippen molar-refractivity contribution in [2.24, 2.45) is 15.2 Å². The average Bonchev–Trinajstić information content (AvgIpc) is 2.14. The van der Waals surface area contributed by atoms with Gasteiger partial charge in [0, 0.05) is 6.42 Å². The highest BCUT2D eigenvalue weighted by molar-refractivity contribution is 5.98. The lowest BCUT2D eigenvalue weighted by molar-refractivity contribution is 0.257. The second-order valence-corrected chi connectivity index (χ2v) is 1.36. The zero-order valence-corrected chi connectivity index (χ0v) is 4.46. The molecule has 1 aliphatic heterocycles. The van der Waals surface area contributed by atoms with E-state index >= 15 is 0 Å². The molecule has 0 radical (unpaired) electrons. The van der Waals surface area contributed by atoms with Gasteiger partial charge in [0.05, 0.1) is 0 Å². The first-order chi connectivity index (χ1) is 3.83. The average molecular weight is 111 g/mol. The molecule has 42 valence electrons. The fraction of sp³-hybridized carbons (Fsp3) is 0.500. The minimum Gasteiger partial charge on any atom is -0.242 e. The molecule has 0 bridgehead atoms. The fourth-order valence-electron chi connectivity index (χ4n) is 0.405. The molecule has 0 saturated carbocycles. The Labute approximate surface area is 46.3 Å². The molecule has 0 atom stereocenters. The molecule has 4 nitrogen and oxygen atoms in total. The van der Waals surface area contributed by atoms with Crippen LogP contribution in [0.4, 0.5) is 4.79 Å². The van der Waals surface area contributed by atoms with Gasteiger partial charge in [-0.25, -0.2) is 4.79 Å². The minimum absolute atomic E-state index is 0.484. The number of rotatable bonds is 1. The molecule has 0 N–H and O–H groups in total. The van der Waals surface area contributed by atoms with E-state index in [2.05, 4.69) is 15.2 Å². The van der Waals surface area contributed by atoms with E-state index in [-0.39, 0.29) is 0 Å². The number of azo groups is 1. The van der Waals surface area contributed by atoms with Gasteiger partial charge in [-0.1, -0.05) is 12.0 Å². The fourth-order valence-corrected chi connectivity index (χ4v) is 0.405. The Hall–Kier alpha value is -1.06. The maximum Gasteiger partial charge on any atom is 0.387 e. The van der Waals surface area contributed by atoms with Crippen LogP contribution in [0.2, 0.25) is 0 Å². The van der Waals surface area contributed by atoms with Gasteiger partial charge in [0.15, 0.2) is 5.84 Å². The smallest absolute Gasteiger partial charge is 0.242 e. The number of nitrogens with zero attached hydrogens (tertiary/aromatic N) is 3. The van der Waals surface area contributed by atoms with Crippen molar-refractivity contribution in [3.8, 4) is 0 Å². The highest BCUT2D eigenvalue weighted by atomic mass is 16.2. The van der Waals surface area contributed by atoms with E-state index in [4.69, 9.17) is 0 Å². The summed E-state index contributed by atoms with van der Waals surface area (Å²) in [6, 6.07) is -0.484. The molecule has 8 heavy (non-hydrogen) atoms. The highest BCUT2D eigenvalue weighted by Gasteiger charge is 2.05. The second kappa shape index (κ2) is 1.81. The van der Waals surface area contributed by atoms with Crippen molar-refractivity contribution in [2.75, 3.05) is 0 Å². The van der Waals surface area contributed by atoms with Crippen molar-refractivity contribution >= 4 is 11.9 Å². The zero-order chi connectivity index (χ0) is 5.98. The van der Waals surface area contributed by atoms with Crippen LogP contribution in [-0.4, -0.2) is 11.9 Å². The molecule has 0 unspecified atom stereocenters. The maximum absolute atomic E-state index is 10.2.